The Hall–Kier alpha value is -3.06. The smallest absolute Gasteiger partial charge is 0.459 e. The van der Waals surface area contributed by atoms with Crippen LogP contribution in [-0.2, 0) is 33.5 Å². The zero-order valence-corrected chi connectivity index (χ0v) is 25.6. The number of hydrogen-bond donors (Lipinski definition) is 4. The van der Waals surface area contributed by atoms with E-state index in [2.05, 4.69) is 21.7 Å². The molecule has 0 amide bonds. The fraction of sp³-hybridized carbons (Fsp3) is 0.536. The number of nitrogens with two attached hydrogens (primary N) is 1. The number of aromatic nitrogens is 3. The molecule has 1 saturated heterocycles. The van der Waals surface area contributed by atoms with Crippen LogP contribution >= 0.6 is 7.75 Å². The molecule has 1 aliphatic rings. The van der Waals surface area contributed by atoms with Gasteiger partial charge in [0, 0.05) is 0 Å². The average Bonchev–Trinajstić information content (AvgIpc) is 3.49. The number of aliphatic hydroxyl groups is 2. The van der Waals surface area contributed by atoms with Crippen LogP contribution in [0.15, 0.2) is 55.1 Å². The number of anilines is 1. The van der Waals surface area contributed by atoms with Gasteiger partial charge in [-0.15, -0.1) is 0 Å². The first-order valence-electron chi connectivity index (χ1n) is 13.9. The first-order valence-corrected chi connectivity index (χ1v) is 15.4. The molecule has 0 bridgehead atoms. The van der Waals surface area contributed by atoms with Crippen molar-refractivity contribution >= 4 is 25.1 Å². The molecule has 0 unspecified atom stereocenters. The van der Waals surface area contributed by atoms with E-state index < -0.39 is 50.3 Å². The summed E-state index contributed by atoms with van der Waals surface area (Å²) in [5.41, 5.74) is 5.42. The van der Waals surface area contributed by atoms with Gasteiger partial charge in [-0.1, -0.05) is 51.5 Å². The molecule has 2 aromatic heterocycles. The SMILES string of the molecule is C=C/C=C\C=C(/C)O[P@](=O)(N[C@@H](C)C(=O)OCC(CC)CC)OC[C@H]1O[C@@](C)(c2ccc3c(N)ncnn23)[C@H](O)[C@@H]1O. The molecule has 6 atom stereocenters. The molecule has 2 aromatic rings. The van der Waals surface area contributed by atoms with Crippen LogP contribution in [-0.4, -0.2) is 68.3 Å². The molecule has 1 aliphatic heterocycles. The number of nitrogen functional groups attached to an aromatic ring is 1. The third-order valence-electron chi connectivity index (χ3n) is 7.23. The van der Waals surface area contributed by atoms with Crippen molar-refractivity contribution in [3.05, 3.63) is 60.8 Å². The van der Waals surface area contributed by atoms with Gasteiger partial charge in [0.1, 0.15) is 47.6 Å². The van der Waals surface area contributed by atoms with E-state index in [4.69, 9.17) is 24.3 Å². The zero-order chi connectivity index (χ0) is 31.1. The predicted octanol–water partition coefficient (Wildman–Crippen LogP) is 3.39. The Morgan fingerprint density at radius 3 is 2.71 bits per heavy atom. The maximum atomic E-state index is 13.9. The lowest BCUT2D eigenvalue weighted by Gasteiger charge is -2.27. The Kier molecular flexibility index (Phi) is 11.5. The Morgan fingerprint density at radius 2 is 2.05 bits per heavy atom. The number of nitrogens with one attached hydrogen (secondary N) is 1. The topological polar surface area (TPSA) is 180 Å². The van der Waals surface area contributed by atoms with E-state index in [9.17, 15) is 19.6 Å². The van der Waals surface area contributed by atoms with Crippen LogP contribution in [0.1, 0.15) is 53.2 Å². The van der Waals surface area contributed by atoms with E-state index in [1.54, 1.807) is 50.3 Å². The lowest BCUT2D eigenvalue weighted by Crippen LogP contribution is -2.39. The number of fused-ring (bicyclic) bond motifs is 1. The van der Waals surface area contributed by atoms with Crippen LogP contribution < -0.4 is 10.8 Å². The second kappa shape index (κ2) is 14.4. The first-order chi connectivity index (χ1) is 19.9. The quantitative estimate of drug-likeness (QED) is 0.100. The van der Waals surface area contributed by atoms with Crippen molar-refractivity contribution in [1.82, 2.24) is 19.7 Å². The number of carbonyl (C=O) groups is 1. The predicted molar refractivity (Wildman–Crippen MR) is 157 cm³/mol. The summed E-state index contributed by atoms with van der Waals surface area (Å²) in [5, 5.41) is 28.7. The number of carbonyl (C=O) groups excluding carboxylic acids is 1. The van der Waals surface area contributed by atoms with Gasteiger partial charge in [0.15, 0.2) is 5.82 Å². The highest BCUT2D eigenvalue weighted by atomic mass is 31.2. The van der Waals surface area contributed by atoms with Crippen molar-refractivity contribution in [1.29, 1.82) is 0 Å². The number of ether oxygens (including phenoxy) is 2. The minimum atomic E-state index is -4.24. The second-order valence-corrected chi connectivity index (χ2v) is 12.0. The summed E-state index contributed by atoms with van der Waals surface area (Å²) >= 11 is 0. The van der Waals surface area contributed by atoms with E-state index >= 15 is 0 Å². The second-order valence-electron chi connectivity index (χ2n) is 10.3. The number of rotatable bonds is 15. The summed E-state index contributed by atoms with van der Waals surface area (Å²) < 4.78 is 38.2. The van der Waals surface area contributed by atoms with Crippen molar-refractivity contribution in [3.8, 4) is 0 Å². The summed E-state index contributed by atoms with van der Waals surface area (Å²) in [6.45, 7) is 12.0. The molecule has 0 spiro atoms. The molecule has 14 heteroatoms. The van der Waals surface area contributed by atoms with E-state index in [0.29, 0.717) is 11.2 Å². The standard InChI is InChI=1S/C28H42N5O8P/c1-7-10-11-12-18(4)41-42(37,32-19(5)27(36)38-15-20(8-2)9-3)39-16-22-24(34)25(35)28(6,40-22)23-14-13-21-26(29)30-17-31-33(21)23/h7,10-14,17,19-20,22,24-25,34-35H,1,8-9,15-16H2,2-6H3,(H,32,37)(H2,29,30,31)/b11-10-,18-12+/t19-,22+,24+,25+,28-,42-/m0/s1. The van der Waals surface area contributed by atoms with Gasteiger partial charge in [-0.25, -0.2) is 14.1 Å². The minimum absolute atomic E-state index is 0.213. The average molecular weight is 608 g/mol. The van der Waals surface area contributed by atoms with E-state index in [0.717, 1.165) is 12.8 Å². The van der Waals surface area contributed by atoms with Crippen LogP contribution in [0.3, 0.4) is 0 Å². The van der Waals surface area contributed by atoms with Gasteiger partial charge in [-0.05, 0) is 44.9 Å². The number of hydrogen-bond acceptors (Lipinski definition) is 11. The minimum Gasteiger partial charge on any atom is -0.464 e. The molecule has 0 aromatic carbocycles. The van der Waals surface area contributed by atoms with Crippen LogP contribution in [0.4, 0.5) is 5.82 Å². The van der Waals surface area contributed by atoms with Crippen LogP contribution in [0.25, 0.3) is 5.52 Å². The van der Waals surface area contributed by atoms with E-state index in [1.807, 2.05) is 13.8 Å². The molecule has 3 rings (SSSR count). The Bertz CT molecular complexity index is 1340. The number of nitrogens with zero attached hydrogens (tertiary/aromatic N) is 3. The van der Waals surface area contributed by atoms with Crippen LogP contribution in [0.5, 0.6) is 0 Å². The van der Waals surface area contributed by atoms with E-state index in [-0.39, 0.29) is 24.1 Å². The molecule has 0 radical (unpaired) electrons. The summed E-state index contributed by atoms with van der Waals surface area (Å²) in [5.74, 6) is 0.0423. The van der Waals surface area contributed by atoms with Gasteiger partial charge < -0.3 is 29.9 Å². The first kappa shape index (κ1) is 33.4. The number of esters is 1. The molecule has 1 fully saturated rings. The highest BCUT2D eigenvalue weighted by Gasteiger charge is 2.54. The van der Waals surface area contributed by atoms with E-state index in [1.165, 1.54) is 17.8 Å². The van der Waals surface area contributed by atoms with Crippen molar-refractivity contribution in [2.75, 3.05) is 18.9 Å². The van der Waals surface area contributed by atoms with Gasteiger partial charge in [0.2, 0.25) is 0 Å². The fourth-order valence-corrected chi connectivity index (χ4v) is 6.09. The molecular formula is C28H42N5O8P. The van der Waals surface area contributed by atoms with Crippen molar-refractivity contribution in [2.45, 2.75) is 77.4 Å². The Morgan fingerprint density at radius 1 is 1.33 bits per heavy atom. The number of aliphatic hydroxyl groups excluding tert-OH is 2. The van der Waals surface area contributed by atoms with Crippen LogP contribution in [0, 0.1) is 5.92 Å². The third-order valence-corrected chi connectivity index (χ3v) is 8.95. The van der Waals surface area contributed by atoms with Gasteiger partial charge in [-0.3, -0.25) is 9.32 Å². The summed E-state index contributed by atoms with van der Waals surface area (Å²) in [4.78, 5) is 16.6. The van der Waals surface area contributed by atoms with Crippen molar-refractivity contribution in [3.63, 3.8) is 0 Å². The lowest BCUT2D eigenvalue weighted by molar-refractivity contribution is -0.146. The van der Waals surface area contributed by atoms with Gasteiger partial charge >= 0.3 is 13.7 Å². The highest BCUT2D eigenvalue weighted by molar-refractivity contribution is 7.51. The van der Waals surface area contributed by atoms with Crippen LogP contribution in [0.2, 0.25) is 0 Å². The molecule has 42 heavy (non-hydrogen) atoms. The number of allylic oxidation sites excluding steroid dienone is 5. The summed E-state index contributed by atoms with van der Waals surface area (Å²) in [6.07, 6.45) is 5.40. The Balaban J connectivity index is 1.79. The molecule has 5 N–H and O–H groups in total. The largest absolute Gasteiger partial charge is 0.464 e. The lowest BCUT2D eigenvalue weighted by atomic mass is 9.93. The Labute approximate surface area is 246 Å². The van der Waals surface area contributed by atoms with Gasteiger partial charge in [0.25, 0.3) is 0 Å². The van der Waals surface area contributed by atoms with Gasteiger partial charge in [-0.2, -0.15) is 10.2 Å². The summed E-state index contributed by atoms with van der Waals surface area (Å²) in [6, 6.07) is 2.28. The maximum Gasteiger partial charge on any atom is 0.459 e. The zero-order valence-electron chi connectivity index (χ0n) is 24.7. The molecule has 232 valence electrons. The fourth-order valence-electron chi connectivity index (χ4n) is 4.55. The summed E-state index contributed by atoms with van der Waals surface area (Å²) in [7, 11) is -4.24. The van der Waals surface area contributed by atoms with Gasteiger partial charge in [0.05, 0.1) is 18.9 Å². The molecule has 13 nitrogen and oxygen atoms in total. The highest BCUT2D eigenvalue weighted by Crippen LogP contribution is 2.48. The normalized spacial score (nSPS) is 25.1. The van der Waals surface area contributed by atoms with Crippen molar-refractivity contribution in [2.24, 2.45) is 5.92 Å². The van der Waals surface area contributed by atoms with Crippen molar-refractivity contribution < 1.29 is 38.1 Å². The molecule has 3 heterocycles. The molecule has 0 saturated carbocycles. The molecule has 0 aliphatic carbocycles. The molecular weight excluding hydrogens is 565 g/mol. The third kappa shape index (κ3) is 7.66. The monoisotopic (exact) mass is 607 g/mol. The maximum absolute atomic E-state index is 13.9.